The minimum atomic E-state index is 0.00755. The lowest BCUT2D eigenvalue weighted by Crippen LogP contribution is -2.05. The first kappa shape index (κ1) is 12.0. The van der Waals surface area contributed by atoms with Crippen molar-refractivity contribution in [3.8, 4) is 0 Å². The maximum atomic E-state index is 11.9. The maximum absolute atomic E-state index is 11.9. The Morgan fingerprint density at radius 3 is 2.82 bits per heavy atom. The number of pyridine rings is 1. The van der Waals surface area contributed by atoms with Gasteiger partial charge in [0.1, 0.15) is 5.69 Å². The zero-order valence-corrected chi connectivity index (χ0v) is 11.0. The number of aryl methyl sites for hydroxylation is 1. The van der Waals surface area contributed by atoms with Gasteiger partial charge < -0.3 is 0 Å². The normalized spacial score (nSPS) is 10.5. The van der Waals surface area contributed by atoms with E-state index in [9.17, 15) is 4.79 Å². The van der Waals surface area contributed by atoms with Crippen LogP contribution in [0.4, 0.5) is 0 Å². The molecular formula is C12H12BrN3O. The van der Waals surface area contributed by atoms with Crippen LogP contribution in [0.2, 0.25) is 0 Å². The highest BCUT2D eigenvalue weighted by atomic mass is 79.9. The lowest BCUT2D eigenvalue weighted by molar-refractivity contribution is 0.0988. The van der Waals surface area contributed by atoms with Crippen LogP contribution in [-0.2, 0) is 13.0 Å². The van der Waals surface area contributed by atoms with Crippen molar-refractivity contribution in [2.45, 2.75) is 19.9 Å². The van der Waals surface area contributed by atoms with Crippen molar-refractivity contribution < 1.29 is 4.79 Å². The number of ketones is 1. The molecule has 2 aromatic heterocycles. The topological polar surface area (TPSA) is 47.8 Å². The molecule has 0 aromatic carbocycles. The van der Waals surface area contributed by atoms with Crippen molar-refractivity contribution >= 4 is 21.7 Å². The predicted molar refractivity (Wildman–Crippen MR) is 67.9 cm³/mol. The Kier molecular flexibility index (Phi) is 3.68. The van der Waals surface area contributed by atoms with E-state index in [1.54, 1.807) is 23.1 Å². The zero-order chi connectivity index (χ0) is 12.3. The molecule has 5 heteroatoms. The van der Waals surface area contributed by atoms with Gasteiger partial charge in [0.2, 0.25) is 0 Å². The van der Waals surface area contributed by atoms with Crippen LogP contribution >= 0.6 is 15.9 Å². The summed E-state index contributed by atoms with van der Waals surface area (Å²) in [5, 5.41) is 4.13. The van der Waals surface area contributed by atoms with E-state index in [-0.39, 0.29) is 5.78 Å². The summed E-state index contributed by atoms with van der Waals surface area (Å²) in [6.07, 6.45) is 5.58. The van der Waals surface area contributed by atoms with Crippen LogP contribution in [0.1, 0.15) is 23.0 Å². The molecular weight excluding hydrogens is 282 g/mol. The highest BCUT2D eigenvalue weighted by Crippen LogP contribution is 2.10. The van der Waals surface area contributed by atoms with Gasteiger partial charge in [-0.3, -0.25) is 14.5 Å². The van der Waals surface area contributed by atoms with E-state index in [0.717, 1.165) is 16.6 Å². The molecule has 0 aliphatic rings. The van der Waals surface area contributed by atoms with Crippen LogP contribution < -0.4 is 0 Å². The second kappa shape index (κ2) is 5.23. The van der Waals surface area contributed by atoms with Gasteiger partial charge in [-0.2, -0.15) is 5.10 Å². The molecule has 0 aliphatic heterocycles. The van der Waals surface area contributed by atoms with E-state index in [2.05, 4.69) is 26.0 Å². The fourth-order valence-corrected chi connectivity index (χ4v) is 1.72. The van der Waals surface area contributed by atoms with Gasteiger partial charge >= 0.3 is 0 Å². The lowest BCUT2D eigenvalue weighted by atomic mass is 10.1. The Morgan fingerprint density at radius 2 is 2.24 bits per heavy atom. The van der Waals surface area contributed by atoms with Crippen molar-refractivity contribution in [3.05, 3.63) is 46.5 Å². The zero-order valence-electron chi connectivity index (χ0n) is 9.43. The largest absolute Gasteiger partial charge is 0.292 e. The number of carbonyl (C=O) groups excluding carboxylic acids is 1. The summed E-state index contributed by atoms with van der Waals surface area (Å²) in [5.41, 5.74) is 1.40. The van der Waals surface area contributed by atoms with Crippen LogP contribution in [-0.4, -0.2) is 20.5 Å². The smallest absolute Gasteiger partial charge is 0.185 e. The fraction of sp³-hybridized carbons (Fsp3) is 0.250. The molecule has 88 valence electrons. The number of halogens is 1. The molecule has 2 aromatic rings. The average Bonchev–Trinajstić information content (AvgIpc) is 2.77. The fourth-order valence-electron chi connectivity index (χ4n) is 1.49. The SMILES string of the molecule is CCn1cc(CC(=O)c2ccc(Br)cn2)cn1. The highest BCUT2D eigenvalue weighted by Gasteiger charge is 2.09. The summed E-state index contributed by atoms with van der Waals surface area (Å²) in [7, 11) is 0. The molecule has 17 heavy (non-hydrogen) atoms. The average molecular weight is 294 g/mol. The van der Waals surface area contributed by atoms with Crippen molar-refractivity contribution in [2.24, 2.45) is 0 Å². The number of carbonyl (C=O) groups is 1. The van der Waals surface area contributed by atoms with Gasteiger partial charge in [-0.1, -0.05) is 0 Å². The van der Waals surface area contributed by atoms with E-state index >= 15 is 0 Å². The predicted octanol–water partition coefficient (Wildman–Crippen LogP) is 2.49. The standard InChI is InChI=1S/C12H12BrN3O/c1-2-16-8-9(6-15-16)5-12(17)11-4-3-10(13)7-14-11/h3-4,6-8H,2,5H2,1H3. The van der Waals surface area contributed by atoms with E-state index in [1.807, 2.05) is 19.2 Å². The first-order valence-corrected chi connectivity index (χ1v) is 6.14. The summed E-state index contributed by atoms with van der Waals surface area (Å²) in [5.74, 6) is 0.00755. The molecule has 4 nitrogen and oxygen atoms in total. The van der Waals surface area contributed by atoms with Gasteiger partial charge in [-0.15, -0.1) is 0 Å². The number of nitrogens with zero attached hydrogens (tertiary/aromatic N) is 3. The molecule has 0 saturated carbocycles. The molecule has 2 heterocycles. The van der Waals surface area contributed by atoms with Crippen molar-refractivity contribution in [3.63, 3.8) is 0 Å². The summed E-state index contributed by atoms with van der Waals surface area (Å²) in [4.78, 5) is 16.0. The first-order chi connectivity index (χ1) is 8.19. The molecule has 0 unspecified atom stereocenters. The number of aromatic nitrogens is 3. The second-order valence-electron chi connectivity index (χ2n) is 3.67. The first-order valence-electron chi connectivity index (χ1n) is 5.35. The third-order valence-corrected chi connectivity index (χ3v) is 2.86. The molecule has 0 radical (unpaired) electrons. The number of hydrogen-bond acceptors (Lipinski definition) is 3. The van der Waals surface area contributed by atoms with E-state index < -0.39 is 0 Å². The molecule has 2 rings (SSSR count). The van der Waals surface area contributed by atoms with E-state index in [0.29, 0.717) is 12.1 Å². The summed E-state index contributed by atoms with van der Waals surface area (Å²) in [6.45, 7) is 2.82. The van der Waals surface area contributed by atoms with E-state index in [1.165, 1.54) is 0 Å². The Morgan fingerprint density at radius 1 is 1.41 bits per heavy atom. The summed E-state index contributed by atoms with van der Waals surface area (Å²) >= 11 is 3.29. The number of rotatable bonds is 4. The third-order valence-electron chi connectivity index (χ3n) is 2.39. The molecule has 0 aliphatic carbocycles. The Hall–Kier alpha value is -1.49. The van der Waals surface area contributed by atoms with Gasteiger partial charge in [-0.25, -0.2) is 0 Å². The molecule has 0 bridgehead atoms. The quantitative estimate of drug-likeness (QED) is 0.814. The van der Waals surface area contributed by atoms with Gasteiger partial charge in [0.15, 0.2) is 5.78 Å². The Bertz CT molecular complexity index is 519. The molecule has 0 fully saturated rings. The summed E-state index contributed by atoms with van der Waals surface area (Å²) in [6, 6.07) is 3.53. The molecule has 0 spiro atoms. The lowest BCUT2D eigenvalue weighted by Gasteiger charge is -1.98. The molecule has 0 amide bonds. The van der Waals surface area contributed by atoms with Crippen molar-refractivity contribution in [1.82, 2.24) is 14.8 Å². The molecule has 0 saturated heterocycles. The van der Waals surface area contributed by atoms with E-state index in [4.69, 9.17) is 0 Å². The molecule has 0 atom stereocenters. The second-order valence-corrected chi connectivity index (χ2v) is 4.58. The number of Topliss-reactive ketones (excluding diaryl/α,β-unsaturated/α-hetero) is 1. The van der Waals surface area contributed by atoms with Crippen LogP contribution in [0.15, 0.2) is 35.2 Å². The summed E-state index contributed by atoms with van der Waals surface area (Å²) < 4.78 is 2.67. The maximum Gasteiger partial charge on any atom is 0.185 e. The highest BCUT2D eigenvalue weighted by molar-refractivity contribution is 9.10. The Balaban J connectivity index is 2.08. The monoisotopic (exact) mass is 293 g/mol. The van der Waals surface area contributed by atoms with Gasteiger partial charge in [0.25, 0.3) is 0 Å². The van der Waals surface area contributed by atoms with Crippen molar-refractivity contribution in [2.75, 3.05) is 0 Å². The van der Waals surface area contributed by atoms with Crippen LogP contribution in [0.25, 0.3) is 0 Å². The third kappa shape index (κ3) is 3.00. The van der Waals surface area contributed by atoms with Crippen LogP contribution in [0.3, 0.4) is 0 Å². The van der Waals surface area contributed by atoms with Gasteiger partial charge in [0.05, 0.1) is 6.20 Å². The van der Waals surface area contributed by atoms with Gasteiger partial charge in [-0.05, 0) is 40.5 Å². The van der Waals surface area contributed by atoms with Crippen molar-refractivity contribution in [1.29, 1.82) is 0 Å². The minimum absolute atomic E-state index is 0.00755. The molecule has 0 N–H and O–H groups in total. The van der Waals surface area contributed by atoms with Crippen LogP contribution in [0.5, 0.6) is 0 Å². The minimum Gasteiger partial charge on any atom is -0.292 e. The van der Waals surface area contributed by atoms with Gasteiger partial charge in [0, 0.05) is 29.8 Å². The van der Waals surface area contributed by atoms with Crippen LogP contribution in [0, 0.1) is 0 Å². The number of hydrogen-bond donors (Lipinski definition) is 0. The Labute approximate surface area is 108 Å².